The molecule has 0 aromatic heterocycles. The summed E-state index contributed by atoms with van der Waals surface area (Å²) in [7, 11) is 0. The van der Waals surface area contributed by atoms with Crippen LogP contribution in [0.5, 0.6) is 0 Å². The first-order valence-electron chi connectivity index (χ1n) is 17.8. The molecule has 0 bridgehead atoms. The van der Waals surface area contributed by atoms with Crippen LogP contribution in [-0.2, 0) is 9.78 Å². The van der Waals surface area contributed by atoms with Gasteiger partial charge < -0.3 is 0 Å². The Kier molecular flexibility index (Phi) is 34.4. The summed E-state index contributed by atoms with van der Waals surface area (Å²) in [5.74, 6) is 0. The monoisotopic (exact) mass is 537 g/mol. The third kappa shape index (κ3) is 31.9. The van der Waals surface area contributed by atoms with Crippen molar-refractivity contribution < 1.29 is 9.78 Å². The predicted molar refractivity (Wildman–Crippen MR) is 171 cm³/mol. The normalized spacial score (nSPS) is 12.6. The third-order valence-corrected chi connectivity index (χ3v) is 7.99. The van der Waals surface area contributed by atoms with Crippen molar-refractivity contribution in [3.05, 3.63) is 12.2 Å². The van der Waals surface area contributed by atoms with E-state index in [1.165, 1.54) is 180 Å². The summed E-state index contributed by atoms with van der Waals surface area (Å²) < 4.78 is 0. The molecule has 0 N–H and O–H groups in total. The highest BCUT2D eigenvalue weighted by Gasteiger charge is 2.10. The second kappa shape index (κ2) is 34.7. The standard InChI is InChI=1S/C36H72O2/c1-4-7-9-11-13-15-17-19-21-23-25-27-29-31-33-35-36(38-37-6-3)34-32-30-28-26-24-22-20-18-16-14-12-10-8-5-2/h19,21,36H,4-18,20,22-35H2,1-3H3/b21-19-. The third-order valence-electron chi connectivity index (χ3n) is 7.99. The van der Waals surface area contributed by atoms with Gasteiger partial charge in [0.1, 0.15) is 0 Å². The van der Waals surface area contributed by atoms with E-state index in [2.05, 4.69) is 26.0 Å². The van der Waals surface area contributed by atoms with Gasteiger partial charge in [0.05, 0.1) is 12.7 Å². The van der Waals surface area contributed by atoms with Crippen molar-refractivity contribution in [3.63, 3.8) is 0 Å². The zero-order valence-corrected chi connectivity index (χ0v) is 26.8. The maximum atomic E-state index is 5.71. The molecule has 2 heteroatoms. The van der Waals surface area contributed by atoms with Gasteiger partial charge >= 0.3 is 0 Å². The average molecular weight is 537 g/mol. The molecule has 1 unspecified atom stereocenters. The largest absolute Gasteiger partial charge is 0.237 e. The molecule has 0 saturated heterocycles. The fraction of sp³-hybridized carbons (Fsp3) is 0.944. The van der Waals surface area contributed by atoms with Crippen LogP contribution >= 0.6 is 0 Å². The van der Waals surface area contributed by atoms with Crippen molar-refractivity contribution in [2.24, 2.45) is 0 Å². The first-order valence-corrected chi connectivity index (χ1v) is 17.8. The summed E-state index contributed by atoms with van der Waals surface area (Å²) in [6.45, 7) is 7.26. The first kappa shape index (κ1) is 37.7. The highest BCUT2D eigenvalue weighted by Crippen LogP contribution is 2.18. The fourth-order valence-corrected chi connectivity index (χ4v) is 5.41. The van der Waals surface area contributed by atoms with E-state index >= 15 is 0 Å². The van der Waals surface area contributed by atoms with E-state index in [0.717, 1.165) is 6.42 Å². The molecule has 0 fully saturated rings. The van der Waals surface area contributed by atoms with Crippen molar-refractivity contribution in [1.82, 2.24) is 0 Å². The van der Waals surface area contributed by atoms with Crippen LogP contribution in [0.15, 0.2) is 12.2 Å². The summed E-state index contributed by atoms with van der Waals surface area (Å²) >= 11 is 0. The van der Waals surface area contributed by atoms with Crippen LogP contribution in [0.2, 0.25) is 0 Å². The van der Waals surface area contributed by atoms with Gasteiger partial charge in [0, 0.05) is 0 Å². The summed E-state index contributed by atoms with van der Waals surface area (Å²) in [5.41, 5.74) is 0. The lowest BCUT2D eigenvalue weighted by molar-refractivity contribution is -0.323. The highest BCUT2D eigenvalue weighted by molar-refractivity contribution is 4.81. The van der Waals surface area contributed by atoms with Crippen molar-refractivity contribution in [2.75, 3.05) is 6.61 Å². The molecule has 0 aliphatic carbocycles. The Balaban J connectivity index is 3.51. The SMILES string of the molecule is CCCCCCCC/C=C\CCCCCCCC(CCCCCCCCCCCCCCCC)OOCC. The van der Waals surface area contributed by atoms with Crippen LogP contribution in [-0.4, -0.2) is 12.7 Å². The van der Waals surface area contributed by atoms with Gasteiger partial charge in [-0.15, -0.1) is 0 Å². The number of hydrogen-bond acceptors (Lipinski definition) is 2. The van der Waals surface area contributed by atoms with Crippen LogP contribution < -0.4 is 0 Å². The van der Waals surface area contributed by atoms with Crippen LogP contribution in [0.25, 0.3) is 0 Å². The van der Waals surface area contributed by atoms with Crippen LogP contribution in [0.1, 0.15) is 207 Å². The Morgan fingerprint density at radius 3 is 1.05 bits per heavy atom. The van der Waals surface area contributed by atoms with Gasteiger partial charge in [-0.3, -0.25) is 0 Å². The summed E-state index contributed by atoms with van der Waals surface area (Å²) in [6.07, 6.45) is 45.0. The maximum absolute atomic E-state index is 5.71. The molecular weight excluding hydrogens is 464 g/mol. The zero-order chi connectivity index (χ0) is 27.6. The lowest BCUT2D eigenvalue weighted by Crippen LogP contribution is -2.13. The average Bonchev–Trinajstić information content (AvgIpc) is 2.93. The molecule has 2 nitrogen and oxygen atoms in total. The van der Waals surface area contributed by atoms with Gasteiger partial charge in [0.15, 0.2) is 0 Å². The van der Waals surface area contributed by atoms with Crippen LogP contribution in [0, 0.1) is 0 Å². The van der Waals surface area contributed by atoms with Gasteiger partial charge in [0.2, 0.25) is 0 Å². The highest BCUT2D eigenvalue weighted by atomic mass is 17.2. The number of hydrogen-bond donors (Lipinski definition) is 0. The second-order valence-corrected chi connectivity index (χ2v) is 11.9. The molecule has 0 rings (SSSR count). The Labute approximate surface area is 241 Å². The first-order chi connectivity index (χ1) is 18.8. The lowest BCUT2D eigenvalue weighted by atomic mass is 10.0. The Bertz CT molecular complexity index is 433. The Morgan fingerprint density at radius 2 is 0.711 bits per heavy atom. The molecule has 0 heterocycles. The van der Waals surface area contributed by atoms with Gasteiger partial charge in [-0.2, -0.15) is 0 Å². The van der Waals surface area contributed by atoms with Crippen molar-refractivity contribution >= 4 is 0 Å². The number of unbranched alkanes of at least 4 members (excludes halogenated alkanes) is 24. The molecule has 0 saturated carbocycles. The minimum absolute atomic E-state index is 0.303. The molecule has 38 heavy (non-hydrogen) atoms. The van der Waals surface area contributed by atoms with Gasteiger partial charge in [-0.1, -0.05) is 174 Å². The second-order valence-electron chi connectivity index (χ2n) is 11.9. The van der Waals surface area contributed by atoms with Crippen LogP contribution in [0.4, 0.5) is 0 Å². The van der Waals surface area contributed by atoms with Crippen LogP contribution in [0.3, 0.4) is 0 Å². The van der Waals surface area contributed by atoms with E-state index < -0.39 is 0 Å². The molecule has 1 atom stereocenters. The van der Waals surface area contributed by atoms with Gasteiger partial charge in [-0.25, -0.2) is 9.78 Å². The Morgan fingerprint density at radius 1 is 0.395 bits per heavy atom. The van der Waals surface area contributed by atoms with Crippen molar-refractivity contribution in [1.29, 1.82) is 0 Å². The fourth-order valence-electron chi connectivity index (χ4n) is 5.41. The molecule has 0 aromatic rings. The van der Waals surface area contributed by atoms with E-state index in [1.54, 1.807) is 0 Å². The molecule has 0 spiro atoms. The van der Waals surface area contributed by atoms with E-state index in [1.807, 2.05) is 6.92 Å². The molecule has 0 amide bonds. The van der Waals surface area contributed by atoms with Gasteiger partial charge in [0.25, 0.3) is 0 Å². The molecule has 0 radical (unpaired) electrons. The lowest BCUT2D eigenvalue weighted by Gasteiger charge is -2.16. The number of rotatable bonds is 33. The quantitative estimate of drug-likeness (QED) is 0.0359. The number of allylic oxidation sites excluding steroid dienone is 2. The van der Waals surface area contributed by atoms with Gasteiger partial charge in [-0.05, 0) is 45.4 Å². The topological polar surface area (TPSA) is 18.5 Å². The molecule has 0 aliphatic rings. The summed E-state index contributed by atoms with van der Waals surface area (Å²) in [4.78, 5) is 11.0. The zero-order valence-electron chi connectivity index (χ0n) is 26.8. The van der Waals surface area contributed by atoms with Crippen molar-refractivity contribution in [2.45, 2.75) is 213 Å². The minimum atomic E-state index is 0.303. The van der Waals surface area contributed by atoms with E-state index in [4.69, 9.17) is 9.78 Å². The van der Waals surface area contributed by atoms with E-state index in [-0.39, 0.29) is 0 Å². The van der Waals surface area contributed by atoms with E-state index in [0.29, 0.717) is 12.7 Å². The Hall–Kier alpha value is -0.340. The molecular formula is C36H72O2. The predicted octanol–water partition coefficient (Wildman–Crippen LogP) is 13.2. The summed E-state index contributed by atoms with van der Waals surface area (Å²) in [6, 6.07) is 0. The van der Waals surface area contributed by atoms with E-state index in [9.17, 15) is 0 Å². The maximum Gasteiger partial charge on any atom is 0.0930 e. The summed E-state index contributed by atoms with van der Waals surface area (Å²) in [5, 5.41) is 0. The molecule has 228 valence electrons. The van der Waals surface area contributed by atoms with Crippen molar-refractivity contribution in [3.8, 4) is 0 Å². The molecule has 0 aliphatic heterocycles. The minimum Gasteiger partial charge on any atom is -0.237 e. The smallest absolute Gasteiger partial charge is 0.0930 e. The molecule has 0 aromatic carbocycles.